The standard InChI is InChI=1S/C8H15F3N/c1-12(5-2-3-6-12)7-4-8(9,10)11/h2-7H2,1H3/q+1. The third-order valence-electron chi connectivity index (χ3n) is 2.58. The van der Waals surface area contributed by atoms with Crippen molar-refractivity contribution in [1.29, 1.82) is 0 Å². The van der Waals surface area contributed by atoms with E-state index in [2.05, 4.69) is 0 Å². The van der Waals surface area contributed by atoms with Crippen molar-refractivity contribution in [2.75, 3.05) is 26.7 Å². The van der Waals surface area contributed by atoms with Crippen molar-refractivity contribution >= 4 is 0 Å². The predicted molar refractivity (Wildman–Crippen MR) is 40.7 cm³/mol. The molecular formula is C8H15F3N+. The molecular weight excluding hydrogens is 167 g/mol. The molecule has 0 spiro atoms. The lowest BCUT2D eigenvalue weighted by Crippen LogP contribution is -2.43. The summed E-state index contributed by atoms with van der Waals surface area (Å²) < 4.78 is 36.2. The Labute approximate surface area is 70.8 Å². The summed E-state index contributed by atoms with van der Waals surface area (Å²) in [7, 11) is 1.92. The Morgan fingerprint density at radius 1 is 1.17 bits per heavy atom. The van der Waals surface area contributed by atoms with Crippen LogP contribution in [0.4, 0.5) is 13.2 Å². The zero-order valence-corrected chi connectivity index (χ0v) is 7.32. The molecule has 0 N–H and O–H groups in total. The molecule has 1 rings (SSSR count). The smallest absolute Gasteiger partial charge is 0.326 e. The monoisotopic (exact) mass is 182 g/mol. The normalized spacial score (nSPS) is 23.0. The van der Waals surface area contributed by atoms with Crippen LogP contribution in [0.25, 0.3) is 0 Å². The largest absolute Gasteiger partial charge is 0.394 e. The summed E-state index contributed by atoms with van der Waals surface area (Å²) in [6.07, 6.45) is -2.46. The van der Waals surface area contributed by atoms with Gasteiger partial charge in [-0.1, -0.05) is 0 Å². The zero-order valence-electron chi connectivity index (χ0n) is 7.32. The van der Waals surface area contributed by atoms with Gasteiger partial charge in [0.25, 0.3) is 0 Å². The van der Waals surface area contributed by atoms with Crippen molar-refractivity contribution in [1.82, 2.24) is 0 Å². The van der Waals surface area contributed by atoms with Gasteiger partial charge in [0.2, 0.25) is 0 Å². The Morgan fingerprint density at radius 2 is 1.67 bits per heavy atom. The maximum atomic E-state index is 11.9. The maximum absolute atomic E-state index is 11.9. The first-order valence-electron chi connectivity index (χ1n) is 4.32. The van der Waals surface area contributed by atoms with Crippen LogP contribution in [0.5, 0.6) is 0 Å². The summed E-state index contributed by atoms with van der Waals surface area (Å²) >= 11 is 0. The molecule has 0 bridgehead atoms. The van der Waals surface area contributed by atoms with Gasteiger partial charge < -0.3 is 4.48 Å². The number of rotatable bonds is 2. The second kappa shape index (κ2) is 3.24. The lowest BCUT2D eigenvalue weighted by atomic mass is 10.3. The van der Waals surface area contributed by atoms with Crippen LogP contribution in [-0.2, 0) is 0 Å². The lowest BCUT2D eigenvalue weighted by Gasteiger charge is -2.29. The van der Waals surface area contributed by atoms with Crippen LogP contribution in [0.15, 0.2) is 0 Å². The minimum Gasteiger partial charge on any atom is -0.326 e. The second-order valence-electron chi connectivity index (χ2n) is 3.86. The van der Waals surface area contributed by atoms with Gasteiger partial charge in [0.15, 0.2) is 0 Å². The highest BCUT2D eigenvalue weighted by Gasteiger charge is 2.34. The zero-order chi connectivity index (χ0) is 9.24. The highest BCUT2D eigenvalue weighted by molar-refractivity contribution is 4.55. The summed E-state index contributed by atoms with van der Waals surface area (Å²) in [5, 5.41) is 0. The van der Waals surface area contributed by atoms with Gasteiger partial charge in [-0.05, 0) is 0 Å². The summed E-state index contributed by atoms with van der Waals surface area (Å²) in [5.74, 6) is 0. The van der Waals surface area contributed by atoms with E-state index < -0.39 is 12.6 Å². The van der Waals surface area contributed by atoms with Crippen molar-refractivity contribution in [3.05, 3.63) is 0 Å². The fourth-order valence-electron chi connectivity index (χ4n) is 1.72. The number of alkyl halides is 3. The van der Waals surface area contributed by atoms with Gasteiger partial charge in [0, 0.05) is 12.8 Å². The molecule has 1 saturated heterocycles. The molecule has 0 saturated carbocycles. The van der Waals surface area contributed by atoms with Gasteiger partial charge in [-0.25, -0.2) is 0 Å². The lowest BCUT2D eigenvalue weighted by molar-refractivity contribution is -0.898. The Morgan fingerprint density at radius 3 is 2.08 bits per heavy atom. The highest BCUT2D eigenvalue weighted by Crippen LogP contribution is 2.24. The molecule has 0 atom stereocenters. The van der Waals surface area contributed by atoms with Crippen molar-refractivity contribution in [2.45, 2.75) is 25.4 Å². The first-order valence-corrected chi connectivity index (χ1v) is 4.32. The Balaban J connectivity index is 2.30. The quantitative estimate of drug-likeness (QED) is 0.574. The molecule has 4 heteroatoms. The SMILES string of the molecule is C[N+]1(CCC(F)(F)F)CCCC1. The molecule has 1 heterocycles. The van der Waals surface area contributed by atoms with Crippen LogP contribution in [0, 0.1) is 0 Å². The average Bonchev–Trinajstić information content (AvgIpc) is 2.32. The van der Waals surface area contributed by atoms with E-state index in [9.17, 15) is 13.2 Å². The number of hydrogen-bond acceptors (Lipinski definition) is 0. The number of hydrogen-bond donors (Lipinski definition) is 0. The number of halogens is 3. The first-order chi connectivity index (χ1) is 5.41. The minimum absolute atomic E-state index is 0.253. The van der Waals surface area contributed by atoms with Gasteiger partial charge >= 0.3 is 6.18 Å². The number of quaternary nitrogens is 1. The molecule has 0 aromatic rings. The molecule has 0 aromatic carbocycles. The molecule has 0 aliphatic carbocycles. The summed E-state index contributed by atoms with van der Waals surface area (Å²) in [5.41, 5.74) is 0. The molecule has 1 nitrogen and oxygen atoms in total. The van der Waals surface area contributed by atoms with Crippen LogP contribution in [0.2, 0.25) is 0 Å². The van der Waals surface area contributed by atoms with Crippen molar-refractivity contribution in [3.8, 4) is 0 Å². The van der Waals surface area contributed by atoms with E-state index in [-0.39, 0.29) is 6.54 Å². The van der Waals surface area contributed by atoms with E-state index in [1.165, 1.54) is 0 Å². The number of nitrogens with zero attached hydrogens (tertiary/aromatic N) is 1. The molecule has 1 aliphatic heterocycles. The van der Waals surface area contributed by atoms with Gasteiger partial charge in [-0.2, -0.15) is 13.2 Å². The van der Waals surface area contributed by atoms with Crippen LogP contribution in [0.3, 0.4) is 0 Å². The predicted octanol–water partition coefficient (Wildman–Crippen LogP) is 2.18. The van der Waals surface area contributed by atoms with E-state index in [0.717, 1.165) is 25.9 Å². The van der Waals surface area contributed by atoms with E-state index in [0.29, 0.717) is 4.48 Å². The highest BCUT2D eigenvalue weighted by atomic mass is 19.4. The molecule has 0 unspecified atom stereocenters. The third kappa shape index (κ3) is 3.01. The van der Waals surface area contributed by atoms with Crippen LogP contribution >= 0.6 is 0 Å². The molecule has 72 valence electrons. The Hall–Kier alpha value is -0.250. The first kappa shape index (κ1) is 9.84. The van der Waals surface area contributed by atoms with E-state index in [1.807, 2.05) is 7.05 Å². The third-order valence-corrected chi connectivity index (χ3v) is 2.58. The minimum atomic E-state index is -3.98. The molecule has 1 fully saturated rings. The molecule has 0 aromatic heterocycles. The second-order valence-corrected chi connectivity index (χ2v) is 3.86. The van der Waals surface area contributed by atoms with E-state index in [4.69, 9.17) is 0 Å². The van der Waals surface area contributed by atoms with Crippen molar-refractivity contribution in [2.24, 2.45) is 0 Å². The van der Waals surface area contributed by atoms with Gasteiger partial charge in [-0.15, -0.1) is 0 Å². The molecule has 0 amide bonds. The fourth-order valence-corrected chi connectivity index (χ4v) is 1.72. The molecule has 0 radical (unpaired) electrons. The Kier molecular flexibility index (Phi) is 2.66. The summed E-state index contributed by atoms with van der Waals surface area (Å²) in [6, 6.07) is 0. The fraction of sp³-hybridized carbons (Fsp3) is 1.00. The summed E-state index contributed by atoms with van der Waals surface area (Å²) in [6.45, 7) is 2.08. The van der Waals surface area contributed by atoms with E-state index in [1.54, 1.807) is 0 Å². The molecule has 1 aliphatic rings. The van der Waals surface area contributed by atoms with Gasteiger partial charge in [0.1, 0.15) is 0 Å². The summed E-state index contributed by atoms with van der Waals surface area (Å²) in [4.78, 5) is 0. The van der Waals surface area contributed by atoms with Crippen molar-refractivity contribution < 1.29 is 17.7 Å². The van der Waals surface area contributed by atoms with Crippen LogP contribution in [0.1, 0.15) is 19.3 Å². The van der Waals surface area contributed by atoms with E-state index >= 15 is 0 Å². The number of likely N-dealkylation sites (tertiary alicyclic amines) is 1. The molecule has 12 heavy (non-hydrogen) atoms. The van der Waals surface area contributed by atoms with Crippen molar-refractivity contribution in [3.63, 3.8) is 0 Å². The maximum Gasteiger partial charge on any atom is 0.394 e. The topological polar surface area (TPSA) is 0 Å². The van der Waals surface area contributed by atoms with Crippen LogP contribution in [-0.4, -0.2) is 37.3 Å². The van der Waals surface area contributed by atoms with Gasteiger partial charge in [-0.3, -0.25) is 0 Å². The van der Waals surface area contributed by atoms with Crippen LogP contribution < -0.4 is 0 Å². The van der Waals surface area contributed by atoms with Gasteiger partial charge in [0.05, 0.1) is 33.1 Å². The Bertz CT molecular complexity index is 147. The average molecular weight is 182 g/mol.